The summed E-state index contributed by atoms with van der Waals surface area (Å²) in [6, 6.07) is 15.2. The highest BCUT2D eigenvalue weighted by atomic mass is 35.5. The number of carbonyl (C=O) groups excluding carboxylic acids is 1. The maximum absolute atomic E-state index is 12.2. The van der Waals surface area contributed by atoms with Crippen LogP contribution in [0.3, 0.4) is 0 Å². The van der Waals surface area contributed by atoms with E-state index in [0.717, 1.165) is 16.7 Å². The van der Waals surface area contributed by atoms with Crippen LogP contribution in [-0.2, 0) is 17.9 Å². The second-order valence-corrected chi connectivity index (χ2v) is 6.94. The molecule has 0 radical (unpaired) electrons. The van der Waals surface area contributed by atoms with Gasteiger partial charge in [-0.3, -0.25) is 4.79 Å². The molecule has 4 rings (SSSR count). The summed E-state index contributed by atoms with van der Waals surface area (Å²) in [6.07, 6.45) is 3.27. The number of imidazole rings is 1. The summed E-state index contributed by atoms with van der Waals surface area (Å²) < 4.78 is 7.04. The fourth-order valence-corrected chi connectivity index (χ4v) is 3.07. The van der Waals surface area contributed by atoms with E-state index in [1.165, 1.54) is 0 Å². The molecule has 0 saturated heterocycles. The fourth-order valence-electron chi connectivity index (χ4n) is 2.87. The van der Waals surface area contributed by atoms with Crippen LogP contribution < -0.4 is 5.32 Å². The number of aromatic nitrogens is 4. The van der Waals surface area contributed by atoms with Gasteiger partial charge in [-0.25, -0.2) is 4.98 Å². The molecule has 7 nitrogen and oxygen atoms in total. The van der Waals surface area contributed by atoms with Crippen molar-refractivity contribution in [2.24, 2.45) is 0 Å². The number of halogens is 1. The smallest absolute Gasteiger partial charge is 0.258 e. The van der Waals surface area contributed by atoms with E-state index in [1.54, 1.807) is 23.2 Å². The summed E-state index contributed by atoms with van der Waals surface area (Å²) in [5.74, 6) is 0.659. The van der Waals surface area contributed by atoms with Gasteiger partial charge in [0.1, 0.15) is 12.2 Å². The molecule has 0 fully saturated rings. The molecule has 0 aliphatic rings. The topological polar surface area (TPSA) is 85.8 Å². The average Bonchev–Trinajstić information content (AvgIpc) is 3.37. The molecular formula is C21H18ClN5O2. The third kappa shape index (κ3) is 4.35. The molecule has 0 aliphatic carbocycles. The van der Waals surface area contributed by atoms with Crippen LogP contribution in [0, 0.1) is 6.92 Å². The monoisotopic (exact) mass is 407 g/mol. The predicted octanol–water partition coefficient (Wildman–Crippen LogP) is 3.88. The van der Waals surface area contributed by atoms with Crippen molar-refractivity contribution < 1.29 is 9.32 Å². The lowest BCUT2D eigenvalue weighted by atomic mass is 10.1. The lowest BCUT2D eigenvalue weighted by Gasteiger charge is -2.07. The highest BCUT2D eigenvalue weighted by Gasteiger charge is 2.15. The number of hydrogen-bond acceptors (Lipinski definition) is 5. The Morgan fingerprint density at radius 2 is 1.97 bits per heavy atom. The van der Waals surface area contributed by atoms with Gasteiger partial charge in [-0.05, 0) is 30.2 Å². The first-order valence-corrected chi connectivity index (χ1v) is 9.40. The molecule has 0 bridgehead atoms. The van der Waals surface area contributed by atoms with Crippen molar-refractivity contribution in [3.05, 3.63) is 77.2 Å². The molecule has 2 aromatic heterocycles. The molecule has 1 amide bonds. The maximum atomic E-state index is 12.2. The molecule has 0 aliphatic heterocycles. The molecule has 8 heteroatoms. The first-order valence-electron chi connectivity index (χ1n) is 9.02. The Kier molecular flexibility index (Phi) is 5.39. The van der Waals surface area contributed by atoms with Crippen molar-refractivity contribution in [1.82, 2.24) is 25.0 Å². The number of carbonyl (C=O) groups is 1. The molecule has 0 unspecified atom stereocenters. The first kappa shape index (κ1) is 18.9. The molecule has 1 N–H and O–H groups in total. The van der Waals surface area contributed by atoms with Gasteiger partial charge in [0.2, 0.25) is 11.7 Å². The Labute approximate surface area is 172 Å². The minimum atomic E-state index is -0.150. The van der Waals surface area contributed by atoms with Crippen LogP contribution in [0.5, 0.6) is 0 Å². The van der Waals surface area contributed by atoms with Gasteiger partial charge < -0.3 is 14.4 Å². The molecule has 146 valence electrons. The van der Waals surface area contributed by atoms with Crippen molar-refractivity contribution >= 4 is 17.5 Å². The SMILES string of the molecule is Cc1ccccc1-c1nc(-c2cn(CC(=O)NCc3ccccc3Cl)cn2)no1. The number of aryl methyl sites for hydroxylation is 1. The van der Waals surface area contributed by atoms with Crippen molar-refractivity contribution in [3.63, 3.8) is 0 Å². The van der Waals surface area contributed by atoms with Gasteiger partial charge >= 0.3 is 0 Å². The van der Waals surface area contributed by atoms with E-state index < -0.39 is 0 Å². The zero-order valence-electron chi connectivity index (χ0n) is 15.7. The summed E-state index contributed by atoms with van der Waals surface area (Å²) in [5, 5.41) is 7.48. The maximum Gasteiger partial charge on any atom is 0.258 e. The van der Waals surface area contributed by atoms with Gasteiger partial charge in [0.25, 0.3) is 5.89 Å². The van der Waals surface area contributed by atoms with Crippen LogP contribution in [0.15, 0.2) is 65.6 Å². The van der Waals surface area contributed by atoms with E-state index in [0.29, 0.717) is 29.0 Å². The Balaban J connectivity index is 1.40. The lowest BCUT2D eigenvalue weighted by molar-refractivity contribution is -0.121. The summed E-state index contributed by atoms with van der Waals surface area (Å²) in [6.45, 7) is 2.47. The second-order valence-electron chi connectivity index (χ2n) is 6.54. The van der Waals surface area contributed by atoms with Crippen LogP contribution in [0.1, 0.15) is 11.1 Å². The van der Waals surface area contributed by atoms with Crippen LogP contribution in [0.25, 0.3) is 23.0 Å². The molecule has 0 atom stereocenters. The summed E-state index contributed by atoms with van der Waals surface area (Å²) >= 11 is 6.11. The normalized spacial score (nSPS) is 10.8. The van der Waals surface area contributed by atoms with E-state index in [1.807, 2.05) is 49.4 Å². The van der Waals surface area contributed by atoms with Gasteiger partial charge in [-0.1, -0.05) is 53.2 Å². The summed E-state index contributed by atoms with van der Waals surface area (Å²) in [5.41, 5.74) is 3.32. The number of benzene rings is 2. The quantitative estimate of drug-likeness (QED) is 0.524. The van der Waals surface area contributed by atoms with Crippen LogP contribution in [-0.4, -0.2) is 25.6 Å². The zero-order valence-corrected chi connectivity index (χ0v) is 16.4. The first-order chi connectivity index (χ1) is 14.1. The number of nitrogens with one attached hydrogen (secondary N) is 1. The van der Waals surface area contributed by atoms with Crippen molar-refractivity contribution in [2.75, 3.05) is 0 Å². The predicted molar refractivity (Wildman–Crippen MR) is 109 cm³/mol. The van der Waals surface area contributed by atoms with Gasteiger partial charge in [-0.2, -0.15) is 4.98 Å². The highest BCUT2D eigenvalue weighted by molar-refractivity contribution is 6.31. The minimum Gasteiger partial charge on any atom is -0.350 e. The Bertz CT molecular complexity index is 1150. The minimum absolute atomic E-state index is 0.125. The Hall–Kier alpha value is -3.45. The van der Waals surface area contributed by atoms with Gasteiger partial charge in [0, 0.05) is 23.3 Å². The number of nitrogens with zero attached hydrogens (tertiary/aromatic N) is 4. The number of hydrogen-bond donors (Lipinski definition) is 1. The molecule has 2 heterocycles. The van der Waals surface area contributed by atoms with E-state index in [9.17, 15) is 4.79 Å². The standard InChI is InChI=1S/C21H18ClN5O2/c1-14-6-2-4-8-16(14)21-25-20(26-29-21)18-11-27(13-24-18)12-19(28)23-10-15-7-3-5-9-17(15)22/h2-9,11,13H,10,12H2,1H3,(H,23,28). The van der Waals surface area contributed by atoms with Crippen molar-refractivity contribution in [3.8, 4) is 23.0 Å². The molecular weight excluding hydrogens is 390 g/mol. The third-order valence-corrected chi connectivity index (χ3v) is 4.79. The van der Waals surface area contributed by atoms with Crippen molar-refractivity contribution in [1.29, 1.82) is 0 Å². The van der Waals surface area contributed by atoms with Gasteiger partial charge in [0.15, 0.2) is 0 Å². The molecule has 0 saturated carbocycles. The summed E-state index contributed by atoms with van der Waals surface area (Å²) in [4.78, 5) is 20.9. The lowest BCUT2D eigenvalue weighted by Crippen LogP contribution is -2.26. The van der Waals surface area contributed by atoms with Crippen LogP contribution in [0.2, 0.25) is 5.02 Å². The van der Waals surface area contributed by atoms with Crippen molar-refractivity contribution in [2.45, 2.75) is 20.0 Å². The Morgan fingerprint density at radius 1 is 1.17 bits per heavy atom. The fraction of sp³-hybridized carbons (Fsp3) is 0.143. The van der Waals surface area contributed by atoms with Gasteiger partial charge in [0.05, 0.1) is 6.33 Å². The largest absolute Gasteiger partial charge is 0.350 e. The third-order valence-electron chi connectivity index (χ3n) is 4.42. The van der Waals surface area contributed by atoms with E-state index in [2.05, 4.69) is 20.4 Å². The molecule has 0 spiro atoms. The van der Waals surface area contributed by atoms with Crippen LogP contribution in [0.4, 0.5) is 0 Å². The molecule has 29 heavy (non-hydrogen) atoms. The highest BCUT2D eigenvalue weighted by Crippen LogP contribution is 2.23. The summed E-state index contributed by atoms with van der Waals surface area (Å²) in [7, 11) is 0. The Morgan fingerprint density at radius 3 is 2.79 bits per heavy atom. The van der Waals surface area contributed by atoms with E-state index in [4.69, 9.17) is 16.1 Å². The van der Waals surface area contributed by atoms with Gasteiger partial charge in [-0.15, -0.1) is 0 Å². The van der Waals surface area contributed by atoms with E-state index in [-0.39, 0.29) is 12.5 Å². The van der Waals surface area contributed by atoms with E-state index >= 15 is 0 Å². The average molecular weight is 408 g/mol. The molecule has 4 aromatic rings. The molecule has 2 aromatic carbocycles. The van der Waals surface area contributed by atoms with Crippen LogP contribution >= 0.6 is 11.6 Å². The zero-order chi connectivity index (χ0) is 20.2. The number of amides is 1. The second kappa shape index (κ2) is 8.28. The number of rotatable bonds is 6.